The van der Waals surface area contributed by atoms with Gasteiger partial charge in [0.1, 0.15) is 0 Å². The summed E-state index contributed by atoms with van der Waals surface area (Å²) in [6.45, 7) is 3.79. The second kappa shape index (κ2) is 7.19. The maximum absolute atomic E-state index is 11.3. The summed E-state index contributed by atoms with van der Waals surface area (Å²) in [5.41, 5.74) is 1.89. The highest BCUT2D eigenvalue weighted by Gasteiger charge is 2.15. The van der Waals surface area contributed by atoms with Crippen LogP contribution in [0.4, 0.5) is 5.69 Å². The molecule has 0 N–H and O–H groups in total. The zero-order valence-electron chi connectivity index (χ0n) is 11.4. The molecule has 0 bridgehead atoms. The zero-order valence-corrected chi connectivity index (χ0v) is 13.8. The molecule has 0 aliphatic carbocycles. The molecule has 2 nitrogen and oxygen atoms in total. The van der Waals surface area contributed by atoms with Gasteiger partial charge in [-0.15, -0.1) is 0 Å². The SMILES string of the molecule is CCC(CSC)N(C)c1ccc(C(C)=O)cc1Br. The summed E-state index contributed by atoms with van der Waals surface area (Å²) >= 11 is 5.42. The summed E-state index contributed by atoms with van der Waals surface area (Å²) in [7, 11) is 2.11. The van der Waals surface area contributed by atoms with E-state index in [-0.39, 0.29) is 5.78 Å². The Labute approximate surface area is 122 Å². The molecule has 0 saturated carbocycles. The molecule has 0 aromatic heterocycles. The van der Waals surface area contributed by atoms with Gasteiger partial charge in [-0.25, -0.2) is 0 Å². The molecule has 0 amide bonds. The minimum atomic E-state index is 0.0982. The second-order valence-electron chi connectivity index (χ2n) is 4.35. The highest BCUT2D eigenvalue weighted by atomic mass is 79.9. The Bertz CT molecular complexity index is 422. The van der Waals surface area contributed by atoms with Gasteiger partial charge in [0.25, 0.3) is 0 Å². The molecular formula is C14H20BrNOS. The average molecular weight is 330 g/mol. The zero-order chi connectivity index (χ0) is 13.7. The first-order chi connectivity index (χ1) is 8.51. The fourth-order valence-electron chi connectivity index (χ4n) is 1.90. The van der Waals surface area contributed by atoms with Crippen LogP contribution in [0, 0.1) is 0 Å². The maximum atomic E-state index is 11.3. The van der Waals surface area contributed by atoms with Crippen molar-refractivity contribution in [1.82, 2.24) is 0 Å². The number of carbonyl (C=O) groups excluding carboxylic acids is 1. The highest BCUT2D eigenvalue weighted by Crippen LogP contribution is 2.29. The Kier molecular flexibility index (Phi) is 6.22. The van der Waals surface area contributed by atoms with Crippen molar-refractivity contribution >= 4 is 39.2 Å². The van der Waals surface area contributed by atoms with E-state index in [1.54, 1.807) is 6.92 Å². The van der Waals surface area contributed by atoms with E-state index in [1.165, 1.54) is 0 Å². The summed E-state index contributed by atoms with van der Waals surface area (Å²) < 4.78 is 0.984. The van der Waals surface area contributed by atoms with E-state index in [0.717, 1.165) is 27.9 Å². The van der Waals surface area contributed by atoms with Gasteiger partial charge >= 0.3 is 0 Å². The van der Waals surface area contributed by atoms with Gasteiger partial charge in [0.15, 0.2) is 5.78 Å². The van der Waals surface area contributed by atoms with Crippen molar-refractivity contribution in [3.8, 4) is 0 Å². The standard InChI is InChI=1S/C14H20BrNOS/c1-5-12(9-18-4)16(3)14-7-6-11(10(2)17)8-13(14)15/h6-8,12H,5,9H2,1-4H3. The first-order valence-electron chi connectivity index (χ1n) is 6.03. The molecule has 0 aliphatic heterocycles. The molecule has 100 valence electrons. The van der Waals surface area contributed by atoms with Gasteiger partial charge in [0, 0.05) is 28.9 Å². The van der Waals surface area contributed by atoms with E-state index < -0.39 is 0 Å². The van der Waals surface area contributed by atoms with Crippen LogP contribution in [0.5, 0.6) is 0 Å². The molecular weight excluding hydrogens is 310 g/mol. The van der Waals surface area contributed by atoms with Crippen molar-refractivity contribution in [3.63, 3.8) is 0 Å². The number of thioether (sulfide) groups is 1. The Morgan fingerprint density at radius 1 is 1.50 bits per heavy atom. The van der Waals surface area contributed by atoms with E-state index in [1.807, 2.05) is 30.0 Å². The van der Waals surface area contributed by atoms with Crippen molar-refractivity contribution in [3.05, 3.63) is 28.2 Å². The van der Waals surface area contributed by atoms with Crippen LogP contribution in [0.2, 0.25) is 0 Å². The molecule has 4 heteroatoms. The molecule has 0 heterocycles. The van der Waals surface area contributed by atoms with Gasteiger partial charge in [-0.2, -0.15) is 11.8 Å². The lowest BCUT2D eigenvalue weighted by molar-refractivity contribution is 0.101. The third-order valence-electron chi connectivity index (χ3n) is 3.11. The number of rotatable bonds is 6. The van der Waals surface area contributed by atoms with Crippen molar-refractivity contribution in [2.24, 2.45) is 0 Å². The fraction of sp³-hybridized carbons (Fsp3) is 0.500. The molecule has 0 fully saturated rings. The Balaban J connectivity index is 2.98. The number of ketones is 1. The van der Waals surface area contributed by atoms with Gasteiger partial charge in [0.05, 0.1) is 5.69 Å². The number of Topliss-reactive ketones (excluding diaryl/α,β-unsaturated/α-hetero) is 1. The number of hydrogen-bond acceptors (Lipinski definition) is 3. The van der Waals surface area contributed by atoms with Crippen molar-refractivity contribution in [1.29, 1.82) is 0 Å². The van der Waals surface area contributed by atoms with E-state index >= 15 is 0 Å². The summed E-state index contributed by atoms with van der Waals surface area (Å²) in [5, 5.41) is 0. The maximum Gasteiger partial charge on any atom is 0.159 e. The van der Waals surface area contributed by atoms with E-state index in [0.29, 0.717) is 6.04 Å². The third kappa shape index (κ3) is 3.75. The first kappa shape index (κ1) is 15.6. The van der Waals surface area contributed by atoms with Gasteiger partial charge in [0.2, 0.25) is 0 Å². The average Bonchev–Trinajstić information content (AvgIpc) is 2.34. The van der Waals surface area contributed by atoms with Gasteiger partial charge in [-0.1, -0.05) is 6.92 Å². The number of anilines is 1. The van der Waals surface area contributed by atoms with Gasteiger partial charge < -0.3 is 4.90 Å². The molecule has 0 aliphatic rings. The van der Waals surface area contributed by atoms with Crippen LogP contribution in [0.1, 0.15) is 30.6 Å². The van der Waals surface area contributed by atoms with Crippen LogP contribution >= 0.6 is 27.7 Å². The molecule has 0 spiro atoms. The first-order valence-corrected chi connectivity index (χ1v) is 8.22. The molecule has 1 aromatic carbocycles. The van der Waals surface area contributed by atoms with Gasteiger partial charge in [-0.3, -0.25) is 4.79 Å². The number of nitrogens with zero attached hydrogens (tertiary/aromatic N) is 1. The summed E-state index contributed by atoms with van der Waals surface area (Å²) in [4.78, 5) is 13.6. The predicted octanol–water partition coefficient (Wildman–Crippen LogP) is 4.23. The second-order valence-corrected chi connectivity index (χ2v) is 6.12. The van der Waals surface area contributed by atoms with Crippen LogP contribution in [0.3, 0.4) is 0 Å². The minimum absolute atomic E-state index is 0.0982. The Morgan fingerprint density at radius 3 is 2.61 bits per heavy atom. The molecule has 0 saturated heterocycles. The van der Waals surface area contributed by atoms with Crippen molar-refractivity contribution < 1.29 is 4.79 Å². The highest BCUT2D eigenvalue weighted by molar-refractivity contribution is 9.10. The van der Waals surface area contributed by atoms with Crippen molar-refractivity contribution in [2.45, 2.75) is 26.3 Å². The minimum Gasteiger partial charge on any atom is -0.370 e. The monoisotopic (exact) mass is 329 g/mol. The quantitative estimate of drug-likeness (QED) is 0.728. The van der Waals surface area contributed by atoms with Gasteiger partial charge in [-0.05, 0) is 53.7 Å². The number of halogens is 1. The topological polar surface area (TPSA) is 20.3 Å². The molecule has 0 radical (unpaired) electrons. The number of hydrogen-bond donors (Lipinski definition) is 0. The smallest absolute Gasteiger partial charge is 0.159 e. The molecule has 1 aromatic rings. The molecule has 18 heavy (non-hydrogen) atoms. The lowest BCUT2D eigenvalue weighted by Crippen LogP contribution is -2.33. The Morgan fingerprint density at radius 2 is 2.17 bits per heavy atom. The lowest BCUT2D eigenvalue weighted by Gasteiger charge is -2.29. The van der Waals surface area contributed by atoms with E-state index in [4.69, 9.17) is 0 Å². The van der Waals surface area contributed by atoms with Crippen LogP contribution in [-0.2, 0) is 0 Å². The van der Waals surface area contributed by atoms with Crippen LogP contribution < -0.4 is 4.90 Å². The van der Waals surface area contributed by atoms with Crippen molar-refractivity contribution in [2.75, 3.05) is 24.0 Å². The summed E-state index contributed by atoms with van der Waals surface area (Å²) in [6.07, 6.45) is 3.24. The number of carbonyl (C=O) groups is 1. The van der Waals surface area contributed by atoms with Crippen LogP contribution in [-0.4, -0.2) is 30.9 Å². The molecule has 1 rings (SSSR count). The van der Waals surface area contributed by atoms with E-state index in [2.05, 4.69) is 41.1 Å². The van der Waals surface area contributed by atoms with E-state index in [9.17, 15) is 4.79 Å². The summed E-state index contributed by atoms with van der Waals surface area (Å²) in [6, 6.07) is 6.33. The van der Waals surface area contributed by atoms with Crippen LogP contribution in [0.25, 0.3) is 0 Å². The predicted molar refractivity (Wildman–Crippen MR) is 85.0 cm³/mol. The summed E-state index contributed by atoms with van der Waals surface area (Å²) in [5.74, 6) is 1.20. The molecule has 1 unspecified atom stereocenters. The Hall–Kier alpha value is -0.480. The normalized spacial score (nSPS) is 12.3. The number of benzene rings is 1. The third-order valence-corrected chi connectivity index (χ3v) is 4.47. The lowest BCUT2D eigenvalue weighted by atomic mass is 10.1. The molecule has 1 atom stereocenters. The van der Waals surface area contributed by atoms with Crippen LogP contribution in [0.15, 0.2) is 22.7 Å². The largest absolute Gasteiger partial charge is 0.370 e. The fourth-order valence-corrected chi connectivity index (χ4v) is 3.41.